The van der Waals surface area contributed by atoms with E-state index in [0.717, 1.165) is 25.7 Å². The van der Waals surface area contributed by atoms with Crippen LogP contribution in [0.25, 0.3) is 0 Å². The lowest BCUT2D eigenvalue weighted by atomic mass is 10.1. The molecule has 8 heteroatoms. The molecule has 0 bridgehead atoms. The van der Waals surface area contributed by atoms with E-state index in [4.69, 9.17) is 18.9 Å². The normalized spacial score (nSPS) is 10.4. The summed E-state index contributed by atoms with van der Waals surface area (Å²) < 4.78 is 20.6. The van der Waals surface area contributed by atoms with E-state index >= 15 is 0 Å². The van der Waals surface area contributed by atoms with Gasteiger partial charge in [-0.05, 0) is 48.9 Å². The van der Waals surface area contributed by atoms with Gasteiger partial charge in [0, 0.05) is 0 Å². The highest BCUT2D eigenvalue weighted by Gasteiger charge is 2.20. The van der Waals surface area contributed by atoms with E-state index in [9.17, 15) is 19.2 Å². The lowest BCUT2D eigenvalue weighted by molar-refractivity contribution is 0.0412. The molecule has 0 spiro atoms. The summed E-state index contributed by atoms with van der Waals surface area (Å²) in [4.78, 5) is 47.9. The summed E-state index contributed by atoms with van der Waals surface area (Å²) in [6.45, 7) is 13.3. The summed E-state index contributed by atoms with van der Waals surface area (Å²) in [6.07, 6.45) is 3.53. The summed E-state index contributed by atoms with van der Waals surface area (Å²) in [5.41, 5.74) is 1.04. The Morgan fingerprint density at radius 1 is 0.525 bits per heavy atom. The van der Waals surface area contributed by atoms with Crippen molar-refractivity contribution in [3.63, 3.8) is 0 Å². The maximum absolute atomic E-state index is 12.0. The van der Waals surface area contributed by atoms with Gasteiger partial charge in [0.15, 0.2) is 0 Å². The Labute approximate surface area is 238 Å². The molecule has 0 amide bonds. The summed E-state index contributed by atoms with van der Waals surface area (Å²) in [5.74, 6) is -1.42. The van der Waals surface area contributed by atoms with Crippen molar-refractivity contribution in [1.29, 1.82) is 0 Å². The van der Waals surface area contributed by atoms with Crippen LogP contribution in [0, 0.1) is 11.8 Å². The Bertz CT molecular complexity index is 990. The number of unbranched alkanes of at least 4 members (excludes halogenated alkanes) is 2. The van der Waals surface area contributed by atoms with Crippen LogP contribution in [0.5, 0.6) is 0 Å². The number of esters is 4. The minimum absolute atomic E-state index is 0.249. The van der Waals surface area contributed by atoms with E-state index in [2.05, 4.69) is 0 Å². The average molecular weight is 557 g/mol. The van der Waals surface area contributed by atoms with Gasteiger partial charge in [0.2, 0.25) is 0 Å². The predicted octanol–water partition coefficient (Wildman–Crippen LogP) is 6.91. The number of ether oxygens (including phenoxy) is 4. The van der Waals surface area contributed by atoms with Gasteiger partial charge in [-0.25, -0.2) is 19.2 Å². The molecule has 220 valence electrons. The molecule has 0 fully saturated rings. The number of carbonyl (C=O) groups excluding carboxylic acids is 4. The van der Waals surface area contributed by atoms with Crippen LogP contribution in [0.2, 0.25) is 0 Å². The zero-order valence-corrected chi connectivity index (χ0v) is 24.7. The average Bonchev–Trinajstić information content (AvgIpc) is 2.95. The quantitative estimate of drug-likeness (QED) is 0.140. The first-order chi connectivity index (χ1) is 19.1. The van der Waals surface area contributed by atoms with Gasteiger partial charge in [0.1, 0.15) is 0 Å². The van der Waals surface area contributed by atoms with Crippen molar-refractivity contribution in [1.82, 2.24) is 0 Å². The molecule has 2 aromatic rings. The summed E-state index contributed by atoms with van der Waals surface area (Å²) in [6, 6.07) is 13.1. The fourth-order valence-electron chi connectivity index (χ4n) is 3.09. The molecule has 0 atom stereocenters. The Balaban J connectivity index is 0.000000400. The molecule has 2 aromatic carbocycles. The molecule has 0 saturated carbocycles. The van der Waals surface area contributed by atoms with E-state index < -0.39 is 23.9 Å². The molecule has 2 rings (SSSR count). The molecule has 0 aliphatic heterocycles. The van der Waals surface area contributed by atoms with Crippen LogP contribution in [0.4, 0.5) is 0 Å². The van der Waals surface area contributed by atoms with Crippen LogP contribution in [-0.2, 0) is 18.9 Å². The zero-order valence-electron chi connectivity index (χ0n) is 24.7. The van der Waals surface area contributed by atoms with Crippen molar-refractivity contribution < 1.29 is 38.1 Å². The lowest BCUT2D eigenvalue weighted by Crippen LogP contribution is -2.17. The molecule has 0 aliphatic carbocycles. The van der Waals surface area contributed by atoms with Crippen molar-refractivity contribution >= 4 is 23.9 Å². The zero-order chi connectivity index (χ0) is 29.9. The first-order valence-corrected chi connectivity index (χ1v) is 14.0. The Hall–Kier alpha value is -3.68. The maximum atomic E-state index is 12.0. The molecular formula is C32H44O8. The van der Waals surface area contributed by atoms with Crippen LogP contribution >= 0.6 is 0 Å². The highest BCUT2D eigenvalue weighted by Crippen LogP contribution is 2.14. The van der Waals surface area contributed by atoms with E-state index in [1.54, 1.807) is 48.5 Å². The third-order valence-corrected chi connectivity index (χ3v) is 5.29. The SMILES string of the molecule is CC(C)COC(=O)c1ccccc1C(=O)OCC(C)C.CCCCOC(=O)c1ccccc1C(=O)OCCCC. The van der Waals surface area contributed by atoms with Gasteiger partial charge in [-0.1, -0.05) is 78.6 Å². The van der Waals surface area contributed by atoms with E-state index in [0.29, 0.717) is 26.4 Å². The van der Waals surface area contributed by atoms with Crippen molar-refractivity contribution in [2.75, 3.05) is 26.4 Å². The van der Waals surface area contributed by atoms with Crippen molar-refractivity contribution in [2.24, 2.45) is 11.8 Å². The highest BCUT2D eigenvalue weighted by atomic mass is 16.5. The molecule has 40 heavy (non-hydrogen) atoms. The lowest BCUT2D eigenvalue weighted by Gasteiger charge is -2.11. The van der Waals surface area contributed by atoms with Crippen LogP contribution in [0.3, 0.4) is 0 Å². The molecule has 0 aromatic heterocycles. The van der Waals surface area contributed by atoms with Gasteiger partial charge >= 0.3 is 23.9 Å². The molecule has 0 unspecified atom stereocenters. The van der Waals surface area contributed by atoms with Crippen molar-refractivity contribution in [3.05, 3.63) is 70.8 Å². The number of benzene rings is 2. The minimum atomic E-state index is -0.490. The monoisotopic (exact) mass is 556 g/mol. The third kappa shape index (κ3) is 12.9. The van der Waals surface area contributed by atoms with Crippen LogP contribution < -0.4 is 0 Å². The molecule has 0 heterocycles. The molecule has 8 nitrogen and oxygen atoms in total. The molecule has 0 saturated heterocycles. The second-order valence-electron chi connectivity index (χ2n) is 10.1. The van der Waals surface area contributed by atoms with Crippen LogP contribution in [-0.4, -0.2) is 50.3 Å². The maximum Gasteiger partial charge on any atom is 0.339 e. The standard InChI is InChI=1S/2C16H22O4/c1-11(2)9-19-15(17)13-7-5-6-8-14(13)16(18)20-10-12(3)4;1-3-5-11-19-15(17)13-9-7-8-10-14(13)16(18)20-12-6-4-2/h5-8,11-12H,9-10H2,1-4H3;7-10H,3-6,11-12H2,1-2H3. The predicted molar refractivity (Wildman–Crippen MR) is 154 cm³/mol. The van der Waals surface area contributed by atoms with Gasteiger partial charge < -0.3 is 18.9 Å². The van der Waals surface area contributed by atoms with E-state index in [1.807, 2.05) is 41.5 Å². The molecular weight excluding hydrogens is 512 g/mol. The molecule has 0 radical (unpaired) electrons. The number of hydrogen-bond donors (Lipinski definition) is 0. The van der Waals surface area contributed by atoms with Crippen molar-refractivity contribution in [2.45, 2.75) is 67.2 Å². The van der Waals surface area contributed by atoms with Gasteiger partial charge in [0.25, 0.3) is 0 Å². The number of carbonyl (C=O) groups is 4. The summed E-state index contributed by atoms with van der Waals surface area (Å²) >= 11 is 0. The van der Waals surface area contributed by atoms with E-state index in [-0.39, 0.29) is 34.1 Å². The second kappa shape index (κ2) is 19.4. The largest absolute Gasteiger partial charge is 0.462 e. The van der Waals surface area contributed by atoms with Crippen molar-refractivity contribution in [3.8, 4) is 0 Å². The molecule has 0 N–H and O–H groups in total. The topological polar surface area (TPSA) is 105 Å². The third-order valence-electron chi connectivity index (χ3n) is 5.29. The van der Waals surface area contributed by atoms with Gasteiger partial charge in [0.05, 0.1) is 48.7 Å². The van der Waals surface area contributed by atoms with Gasteiger partial charge in [-0.3, -0.25) is 0 Å². The Kier molecular flexibility index (Phi) is 16.6. The Morgan fingerprint density at radius 3 is 1.05 bits per heavy atom. The minimum Gasteiger partial charge on any atom is -0.462 e. The first-order valence-electron chi connectivity index (χ1n) is 14.0. The Morgan fingerprint density at radius 2 is 0.800 bits per heavy atom. The molecule has 0 aliphatic rings. The van der Waals surface area contributed by atoms with E-state index in [1.165, 1.54) is 0 Å². The summed E-state index contributed by atoms with van der Waals surface area (Å²) in [7, 11) is 0. The van der Waals surface area contributed by atoms with Crippen LogP contribution in [0.15, 0.2) is 48.5 Å². The highest BCUT2D eigenvalue weighted by molar-refractivity contribution is 6.03. The smallest absolute Gasteiger partial charge is 0.339 e. The van der Waals surface area contributed by atoms with Crippen LogP contribution in [0.1, 0.15) is 109 Å². The summed E-state index contributed by atoms with van der Waals surface area (Å²) in [5, 5.41) is 0. The fraction of sp³-hybridized carbons (Fsp3) is 0.500. The second-order valence-corrected chi connectivity index (χ2v) is 10.1. The van der Waals surface area contributed by atoms with Gasteiger partial charge in [-0.15, -0.1) is 0 Å². The van der Waals surface area contributed by atoms with Gasteiger partial charge in [-0.2, -0.15) is 0 Å². The number of rotatable bonds is 14. The fourth-order valence-corrected chi connectivity index (χ4v) is 3.09. The first kappa shape index (κ1) is 34.3. The number of hydrogen-bond acceptors (Lipinski definition) is 8.